The van der Waals surface area contributed by atoms with Crippen LogP contribution >= 0.6 is 0 Å². The second-order valence-electron chi connectivity index (χ2n) is 7.83. The summed E-state index contributed by atoms with van der Waals surface area (Å²) in [7, 11) is 1.56. The molecule has 1 fully saturated rings. The number of aromatic nitrogens is 2. The number of anilines is 3. The number of hydrogen-bond donors (Lipinski definition) is 3. The van der Waals surface area contributed by atoms with Crippen LogP contribution in [0, 0.1) is 5.82 Å². The zero-order chi connectivity index (χ0) is 22.8. The number of aliphatic hydroxyl groups is 1. The normalized spacial score (nSPS) is 14.4. The minimum absolute atomic E-state index is 0.00358. The summed E-state index contributed by atoms with van der Waals surface area (Å²) in [4.78, 5) is 31.2. The van der Waals surface area contributed by atoms with Crippen molar-refractivity contribution in [2.75, 3.05) is 24.1 Å². The molecular weight excluding hydrogens is 413 g/mol. The summed E-state index contributed by atoms with van der Waals surface area (Å²) >= 11 is 0. The van der Waals surface area contributed by atoms with E-state index >= 15 is 0 Å². The van der Waals surface area contributed by atoms with Crippen LogP contribution in [0.2, 0.25) is 0 Å². The number of aryl methyl sites for hydroxylation is 1. The highest BCUT2D eigenvalue weighted by molar-refractivity contribution is 5.94. The number of nitrogens with two attached hydrogens (primary N) is 1. The van der Waals surface area contributed by atoms with Crippen molar-refractivity contribution in [2.24, 2.45) is 7.05 Å². The number of carbonyl (C=O) groups is 1. The van der Waals surface area contributed by atoms with Gasteiger partial charge in [0.2, 0.25) is 0 Å². The first-order chi connectivity index (χ1) is 15.3. The second kappa shape index (κ2) is 8.80. The van der Waals surface area contributed by atoms with Gasteiger partial charge < -0.3 is 25.6 Å². The third-order valence-electron chi connectivity index (χ3n) is 5.52. The molecule has 0 unspecified atom stereocenters. The lowest BCUT2D eigenvalue weighted by molar-refractivity contribution is 0.0546. The van der Waals surface area contributed by atoms with Crippen LogP contribution in [0.1, 0.15) is 23.2 Å². The van der Waals surface area contributed by atoms with E-state index in [4.69, 9.17) is 5.73 Å². The number of nitrogens with one attached hydrogen (secondary N) is 1. The largest absolute Gasteiger partial charge is 0.396 e. The molecule has 2 heterocycles. The highest BCUT2D eigenvalue weighted by Gasteiger charge is 2.22. The minimum atomic E-state index is -0.599. The van der Waals surface area contributed by atoms with Crippen LogP contribution in [-0.2, 0) is 7.05 Å². The van der Waals surface area contributed by atoms with E-state index in [9.17, 15) is 19.1 Å². The molecule has 8 nitrogen and oxygen atoms in total. The van der Waals surface area contributed by atoms with Gasteiger partial charge in [-0.25, -0.2) is 9.37 Å². The molecule has 3 aromatic rings. The Balaban J connectivity index is 1.56. The Kier molecular flexibility index (Phi) is 5.91. The lowest BCUT2D eigenvalue weighted by Crippen LogP contribution is -2.40. The Morgan fingerprint density at radius 2 is 1.88 bits per heavy atom. The van der Waals surface area contributed by atoms with E-state index in [-0.39, 0.29) is 40.3 Å². The number of nitrogen functional groups attached to an aromatic ring is 1. The van der Waals surface area contributed by atoms with Crippen molar-refractivity contribution in [1.82, 2.24) is 14.5 Å². The molecule has 1 aliphatic rings. The highest BCUT2D eigenvalue weighted by Crippen LogP contribution is 2.25. The van der Waals surface area contributed by atoms with Gasteiger partial charge in [0.25, 0.3) is 11.5 Å². The smallest absolute Gasteiger partial charge is 0.293 e. The molecule has 1 saturated heterocycles. The molecule has 4 N–H and O–H groups in total. The van der Waals surface area contributed by atoms with Crippen LogP contribution in [0.4, 0.5) is 21.6 Å². The van der Waals surface area contributed by atoms with Crippen LogP contribution in [0.5, 0.6) is 0 Å². The number of hydrogen-bond acceptors (Lipinski definition) is 6. The summed E-state index contributed by atoms with van der Waals surface area (Å²) < 4.78 is 15.8. The van der Waals surface area contributed by atoms with Crippen molar-refractivity contribution in [3.8, 4) is 11.3 Å². The average Bonchev–Trinajstić information content (AvgIpc) is 2.79. The Labute approximate surface area is 184 Å². The van der Waals surface area contributed by atoms with Gasteiger partial charge in [-0.1, -0.05) is 6.07 Å². The van der Waals surface area contributed by atoms with Crippen molar-refractivity contribution >= 4 is 23.1 Å². The van der Waals surface area contributed by atoms with Crippen molar-refractivity contribution in [3.63, 3.8) is 0 Å². The van der Waals surface area contributed by atoms with Crippen LogP contribution in [0.25, 0.3) is 11.3 Å². The van der Waals surface area contributed by atoms with E-state index < -0.39 is 5.82 Å². The predicted molar refractivity (Wildman–Crippen MR) is 120 cm³/mol. The maximum atomic E-state index is 14.5. The molecule has 0 saturated carbocycles. The zero-order valence-corrected chi connectivity index (χ0v) is 17.6. The van der Waals surface area contributed by atoms with Gasteiger partial charge in [0, 0.05) is 43.1 Å². The maximum Gasteiger partial charge on any atom is 0.293 e. The predicted octanol–water partition coefficient (Wildman–Crippen LogP) is 2.51. The minimum Gasteiger partial charge on any atom is -0.396 e. The van der Waals surface area contributed by atoms with E-state index in [2.05, 4.69) is 10.3 Å². The van der Waals surface area contributed by atoms with Gasteiger partial charge in [-0.2, -0.15) is 0 Å². The molecule has 0 bridgehead atoms. The standard InChI is InChI=1S/C23H24FN5O3/c1-28-13-19(17-3-2-4-18(25)20(17)24)27-21(23(28)32)26-15-7-5-14(6-8-15)22(31)29-11-9-16(30)10-12-29/h2-8,13,16,30H,9-12,25H2,1H3,(H,26,27). The maximum absolute atomic E-state index is 14.5. The Bertz CT molecular complexity index is 1200. The number of likely N-dealkylation sites (tertiary alicyclic amines) is 1. The third kappa shape index (κ3) is 4.33. The fourth-order valence-electron chi connectivity index (χ4n) is 3.65. The summed E-state index contributed by atoms with van der Waals surface area (Å²) in [5.74, 6) is -0.676. The average molecular weight is 437 g/mol. The van der Waals surface area contributed by atoms with E-state index in [0.29, 0.717) is 37.2 Å². The number of benzene rings is 2. The fourth-order valence-corrected chi connectivity index (χ4v) is 3.65. The quantitative estimate of drug-likeness (QED) is 0.541. The fraction of sp³-hybridized carbons (Fsp3) is 0.261. The van der Waals surface area contributed by atoms with Crippen LogP contribution in [0.15, 0.2) is 53.5 Å². The summed E-state index contributed by atoms with van der Waals surface area (Å²) in [6.07, 6.45) is 2.24. The lowest BCUT2D eigenvalue weighted by Gasteiger charge is -2.29. The summed E-state index contributed by atoms with van der Waals surface area (Å²) in [6.45, 7) is 1.04. The Hall–Kier alpha value is -3.72. The molecule has 1 aromatic heterocycles. The summed E-state index contributed by atoms with van der Waals surface area (Å²) in [5, 5.41) is 12.6. The highest BCUT2D eigenvalue weighted by atomic mass is 19.1. The topological polar surface area (TPSA) is 113 Å². The van der Waals surface area contributed by atoms with E-state index in [1.165, 1.54) is 16.8 Å². The molecule has 32 heavy (non-hydrogen) atoms. The van der Waals surface area contributed by atoms with Gasteiger partial charge in [0.05, 0.1) is 17.5 Å². The van der Waals surface area contributed by atoms with Gasteiger partial charge >= 0.3 is 0 Å². The molecule has 0 atom stereocenters. The molecule has 1 aliphatic heterocycles. The first kappa shape index (κ1) is 21.5. The van der Waals surface area contributed by atoms with Crippen LogP contribution < -0.4 is 16.6 Å². The number of amides is 1. The molecular formula is C23H24FN5O3. The molecule has 0 spiro atoms. The number of aliphatic hydroxyl groups excluding tert-OH is 1. The summed E-state index contributed by atoms with van der Waals surface area (Å²) in [6, 6.07) is 11.3. The van der Waals surface area contributed by atoms with E-state index in [1.807, 2.05) is 0 Å². The molecule has 2 aromatic carbocycles. The van der Waals surface area contributed by atoms with Crippen LogP contribution in [0.3, 0.4) is 0 Å². The Morgan fingerprint density at radius 1 is 1.19 bits per heavy atom. The van der Waals surface area contributed by atoms with E-state index in [1.54, 1.807) is 48.3 Å². The van der Waals surface area contributed by atoms with Crippen molar-refractivity contribution in [1.29, 1.82) is 0 Å². The molecule has 166 valence electrons. The Morgan fingerprint density at radius 3 is 2.56 bits per heavy atom. The van der Waals surface area contributed by atoms with Gasteiger partial charge in [-0.15, -0.1) is 0 Å². The number of rotatable bonds is 4. The molecule has 9 heteroatoms. The van der Waals surface area contributed by atoms with Crippen molar-refractivity contribution in [2.45, 2.75) is 18.9 Å². The van der Waals surface area contributed by atoms with Gasteiger partial charge in [-0.05, 0) is 49.2 Å². The number of piperidine rings is 1. The SMILES string of the molecule is Cn1cc(-c2cccc(N)c2F)nc(Nc2ccc(C(=O)N3CCC(O)CC3)cc2)c1=O. The second-order valence-corrected chi connectivity index (χ2v) is 7.83. The number of nitrogens with zero attached hydrogens (tertiary/aromatic N) is 3. The van der Waals surface area contributed by atoms with Gasteiger partial charge in [0.15, 0.2) is 11.6 Å². The lowest BCUT2D eigenvalue weighted by atomic mass is 10.1. The third-order valence-corrected chi connectivity index (χ3v) is 5.52. The van der Waals surface area contributed by atoms with E-state index in [0.717, 1.165) is 0 Å². The monoisotopic (exact) mass is 437 g/mol. The first-order valence-corrected chi connectivity index (χ1v) is 10.3. The van der Waals surface area contributed by atoms with Gasteiger partial charge in [0.1, 0.15) is 0 Å². The van der Waals surface area contributed by atoms with Crippen molar-refractivity contribution < 1.29 is 14.3 Å². The van der Waals surface area contributed by atoms with Crippen LogP contribution in [-0.4, -0.2) is 44.7 Å². The molecule has 0 aliphatic carbocycles. The number of carbonyl (C=O) groups excluding carboxylic acids is 1. The van der Waals surface area contributed by atoms with Gasteiger partial charge in [-0.3, -0.25) is 9.59 Å². The molecule has 0 radical (unpaired) electrons. The first-order valence-electron chi connectivity index (χ1n) is 10.3. The molecule has 4 rings (SSSR count). The zero-order valence-electron chi connectivity index (χ0n) is 17.6. The van der Waals surface area contributed by atoms with Crippen molar-refractivity contribution in [3.05, 3.63) is 70.4 Å². The summed E-state index contributed by atoms with van der Waals surface area (Å²) in [5.41, 5.74) is 6.80. The number of halogens is 1. The molecule has 1 amide bonds.